The summed E-state index contributed by atoms with van der Waals surface area (Å²) in [5.74, 6) is 3.28. The lowest BCUT2D eigenvalue weighted by atomic mass is 10.3. The third kappa shape index (κ3) is 1.33. The molecule has 0 fully saturated rings. The molecule has 0 amide bonds. The second kappa shape index (κ2) is 2.36. The van der Waals surface area contributed by atoms with Crippen LogP contribution in [0.2, 0.25) is 0 Å². The van der Waals surface area contributed by atoms with Gasteiger partial charge in [-0.25, -0.2) is 0 Å². The van der Waals surface area contributed by atoms with Gasteiger partial charge >= 0.3 is 0 Å². The minimum atomic E-state index is 0.553. The van der Waals surface area contributed by atoms with Crippen LogP contribution in [0.3, 0.4) is 0 Å². The van der Waals surface area contributed by atoms with E-state index in [9.17, 15) is 0 Å². The molecule has 0 aliphatic carbocycles. The Morgan fingerprint density at radius 2 is 2.67 bits per heavy atom. The summed E-state index contributed by atoms with van der Waals surface area (Å²) in [5.41, 5.74) is 0.829. The van der Waals surface area contributed by atoms with Crippen LogP contribution in [0.15, 0.2) is 10.6 Å². The Kier molecular flexibility index (Phi) is 1.55. The summed E-state index contributed by atoms with van der Waals surface area (Å²) in [4.78, 5) is 0. The van der Waals surface area contributed by atoms with Crippen molar-refractivity contribution in [3.05, 3.63) is 17.5 Å². The molecule has 0 bridgehead atoms. The number of hydrogen-bond acceptors (Lipinski definition) is 2. The number of aromatic nitrogens is 1. The summed E-state index contributed by atoms with van der Waals surface area (Å²) in [5, 5.41) is 3.69. The van der Waals surface area contributed by atoms with E-state index in [4.69, 9.17) is 10.9 Å². The molecule has 0 aromatic carbocycles. The molecule has 1 heterocycles. The van der Waals surface area contributed by atoms with Crippen molar-refractivity contribution in [1.82, 2.24) is 5.16 Å². The van der Waals surface area contributed by atoms with Crippen LogP contribution in [0.5, 0.6) is 0 Å². The molecule has 1 rings (SSSR count). The van der Waals surface area contributed by atoms with E-state index >= 15 is 0 Å². The molecule has 0 aliphatic heterocycles. The van der Waals surface area contributed by atoms with E-state index < -0.39 is 0 Å². The van der Waals surface area contributed by atoms with Crippen LogP contribution in [0, 0.1) is 19.3 Å². The van der Waals surface area contributed by atoms with Gasteiger partial charge in [-0.15, -0.1) is 12.3 Å². The van der Waals surface area contributed by atoms with Gasteiger partial charge in [-0.1, -0.05) is 5.16 Å². The number of hydrogen-bond donors (Lipinski definition) is 0. The Balaban J connectivity index is 2.76. The zero-order valence-electron chi connectivity index (χ0n) is 5.22. The second-order valence-corrected chi connectivity index (χ2v) is 1.81. The van der Waals surface area contributed by atoms with Crippen LogP contribution in [-0.2, 0) is 6.42 Å². The first-order valence-corrected chi connectivity index (χ1v) is 2.68. The summed E-state index contributed by atoms with van der Waals surface area (Å²) < 4.78 is 4.77. The molecule has 1 aromatic rings. The largest absolute Gasteiger partial charge is 0.361 e. The highest BCUT2D eigenvalue weighted by molar-refractivity contribution is 5.09. The van der Waals surface area contributed by atoms with Gasteiger partial charge in [0.1, 0.15) is 5.76 Å². The maximum Gasteiger partial charge on any atom is 0.133 e. The van der Waals surface area contributed by atoms with E-state index in [-0.39, 0.29) is 0 Å². The van der Waals surface area contributed by atoms with E-state index in [2.05, 4.69) is 11.1 Å². The van der Waals surface area contributed by atoms with Crippen molar-refractivity contribution in [3.63, 3.8) is 0 Å². The van der Waals surface area contributed by atoms with Crippen LogP contribution in [0.25, 0.3) is 0 Å². The fraction of sp³-hybridized carbons (Fsp3) is 0.286. The van der Waals surface area contributed by atoms with E-state index in [1.807, 2.05) is 13.0 Å². The van der Waals surface area contributed by atoms with Gasteiger partial charge in [0.05, 0.1) is 12.1 Å². The first-order valence-electron chi connectivity index (χ1n) is 2.68. The zero-order chi connectivity index (χ0) is 6.69. The number of aryl methyl sites for hydroxylation is 1. The third-order valence-corrected chi connectivity index (χ3v) is 0.960. The van der Waals surface area contributed by atoms with Gasteiger partial charge in [-0.3, -0.25) is 0 Å². The highest BCUT2D eigenvalue weighted by Crippen LogP contribution is 2.00. The molecular formula is C7H7NO. The smallest absolute Gasteiger partial charge is 0.133 e. The van der Waals surface area contributed by atoms with Gasteiger partial charge in [0.25, 0.3) is 0 Å². The predicted molar refractivity (Wildman–Crippen MR) is 33.8 cm³/mol. The highest BCUT2D eigenvalue weighted by Gasteiger charge is 1.95. The lowest BCUT2D eigenvalue weighted by molar-refractivity contribution is 0.392. The fourth-order valence-corrected chi connectivity index (χ4v) is 0.606. The summed E-state index contributed by atoms with van der Waals surface area (Å²) in [7, 11) is 0. The Bertz CT molecular complexity index is 231. The van der Waals surface area contributed by atoms with Gasteiger partial charge < -0.3 is 4.52 Å². The molecule has 1 aromatic heterocycles. The molecule has 0 saturated heterocycles. The van der Waals surface area contributed by atoms with Crippen LogP contribution in [-0.4, -0.2) is 5.16 Å². The molecule has 0 radical (unpaired) electrons. The van der Waals surface area contributed by atoms with Gasteiger partial charge in [0.2, 0.25) is 0 Å². The third-order valence-electron chi connectivity index (χ3n) is 0.960. The molecular weight excluding hydrogens is 114 g/mol. The van der Waals surface area contributed by atoms with Crippen molar-refractivity contribution >= 4 is 0 Å². The maximum atomic E-state index is 5.04. The average Bonchev–Trinajstić information content (AvgIpc) is 2.17. The Hall–Kier alpha value is -1.23. The topological polar surface area (TPSA) is 26.0 Å². The molecule has 0 spiro atoms. The molecule has 2 nitrogen and oxygen atoms in total. The predicted octanol–water partition coefficient (Wildman–Crippen LogP) is 1.16. The molecule has 2 heteroatoms. The summed E-state index contributed by atoms with van der Waals surface area (Å²) >= 11 is 0. The Labute approximate surface area is 53.9 Å². The lowest BCUT2D eigenvalue weighted by Gasteiger charge is -1.75. The van der Waals surface area contributed by atoms with Crippen LogP contribution in [0.4, 0.5) is 0 Å². The Morgan fingerprint density at radius 3 is 3.11 bits per heavy atom. The summed E-state index contributed by atoms with van der Waals surface area (Å²) in [6, 6.07) is 1.83. The SMILES string of the molecule is C#CCc1cc(C)on1. The summed E-state index contributed by atoms with van der Waals surface area (Å²) in [6.45, 7) is 1.84. The normalized spacial score (nSPS) is 8.89. The molecule has 9 heavy (non-hydrogen) atoms. The van der Waals surface area contributed by atoms with Crippen LogP contribution < -0.4 is 0 Å². The lowest BCUT2D eigenvalue weighted by Crippen LogP contribution is -1.76. The van der Waals surface area contributed by atoms with Gasteiger partial charge in [-0.05, 0) is 6.92 Å². The van der Waals surface area contributed by atoms with E-state index in [1.165, 1.54) is 0 Å². The maximum absolute atomic E-state index is 5.04. The van der Waals surface area contributed by atoms with E-state index in [0.29, 0.717) is 6.42 Å². The van der Waals surface area contributed by atoms with Crippen molar-refractivity contribution in [2.45, 2.75) is 13.3 Å². The van der Waals surface area contributed by atoms with Gasteiger partial charge in [0.15, 0.2) is 0 Å². The standard InChI is InChI=1S/C7H7NO/c1-3-4-7-5-6(2)9-8-7/h1,5H,4H2,2H3. The quantitative estimate of drug-likeness (QED) is 0.521. The van der Waals surface area contributed by atoms with Crippen molar-refractivity contribution < 1.29 is 4.52 Å². The van der Waals surface area contributed by atoms with Crippen LogP contribution >= 0.6 is 0 Å². The minimum absolute atomic E-state index is 0.553. The Morgan fingerprint density at radius 1 is 1.89 bits per heavy atom. The highest BCUT2D eigenvalue weighted by atomic mass is 16.5. The molecule has 0 unspecified atom stereocenters. The number of nitrogens with zero attached hydrogens (tertiary/aromatic N) is 1. The minimum Gasteiger partial charge on any atom is -0.361 e. The van der Waals surface area contributed by atoms with Gasteiger partial charge in [0, 0.05) is 6.07 Å². The van der Waals surface area contributed by atoms with E-state index in [1.54, 1.807) is 0 Å². The molecule has 0 atom stereocenters. The van der Waals surface area contributed by atoms with Gasteiger partial charge in [-0.2, -0.15) is 0 Å². The first kappa shape index (κ1) is 5.90. The molecule has 0 N–H and O–H groups in total. The van der Waals surface area contributed by atoms with Crippen molar-refractivity contribution in [2.75, 3.05) is 0 Å². The molecule has 0 saturated carbocycles. The van der Waals surface area contributed by atoms with Crippen LogP contribution in [0.1, 0.15) is 11.5 Å². The average molecular weight is 121 g/mol. The number of rotatable bonds is 1. The van der Waals surface area contributed by atoms with Crippen molar-refractivity contribution in [2.24, 2.45) is 0 Å². The van der Waals surface area contributed by atoms with E-state index in [0.717, 1.165) is 11.5 Å². The zero-order valence-corrected chi connectivity index (χ0v) is 5.22. The number of terminal acetylenes is 1. The molecule has 46 valence electrons. The first-order chi connectivity index (χ1) is 4.33. The monoisotopic (exact) mass is 121 g/mol. The summed E-state index contributed by atoms with van der Waals surface area (Å²) in [6.07, 6.45) is 5.59. The van der Waals surface area contributed by atoms with Crippen molar-refractivity contribution in [3.8, 4) is 12.3 Å². The van der Waals surface area contributed by atoms with Crippen molar-refractivity contribution in [1.29, 1.82) is 0 Å². The second-order valence-electron chi connectivity index (χ2n) is 1.81. The fourth-order valence-electron chi connectivity index (χ4n) is 0.606. The molecule has 0 aliphatic rings.